The summed E-state index contributed by atoms with van der Waals surface area (Å²) in [5.41, 5.74) is 1.32. The van der Waals surface area contributed by atoms with Crippen molar-refractivity contribution in [2.45, 2.75) is 25.4 Å². The van der Waals surface area contributed by atoms with E-state index in [9.17, 15) is 0 Å². The summed E-state index contributed by atoms with van der Waals surface area (Å²) in [6.45, 7) is 3.29. The first-order chi connectivity index (χ1) is 8.29. The van der Waals surface area contributed by atoms with Crippen molar-refractivity contribution in [3.05, 3.63) is 29.8 Å². The molecule has 0 aromatic heterocycles. The summed E-state index contributed by atoms with van der Waals surface area (Å²) in [4.78, 5) is 2.45. The zero-order valence-electron chi connectivity index (χ0n) is 10.8. The van der Waals surface area contributed by atoms with E-state index in [0.29, 0.717) is 6.04 Å². The number of nitrogens with one attached hydrogen (secondary N) is 1. The molecule has 0 bridgehead atoms. The molecule has 0 amide bonds. The Morgan fingerprint density at radius 2 is 2.12 bits per heavy atom. The van der Waals surface area contributed by atoms with Crippen LogP contribution in [-0.4, -0.2) is 38.2 Å². The summed E-state index contributed by atoms with van der Waals surface area (Å²) in [5, 5.41) is 3.41. The van der Waals surface area contributed by atoms with Crippen LogP contribution >= 0.6 is 0 Å². The first kappa shape index (κ1) is 12.4. The van der Waals surface area contributed by atoms with E-state index in [0.717, 1.165) is 25.4 Å². The zero-order chi connectivity index (χ0) is 12.1. The molecule has 1 aromatic rings. The SMILES string of the molecule is COc1cccc(CN(C)C2CCNCC2)c1. The van der Waals surface area contributed by atoms with Crippen LogP contribution in [0, 0.1) is 0 Å². The molecule has 3 heteroatoms. The van der Waals surface area contributed by atoms with Gasteiger partial charge in [0.1, 0.15) is 5.75 Å². The molecular weight excluding hydrogens is 212 g/mol. The van der Waals surface area contributed by atoms with E-state index in [4.69, 9.17) is 4.74 Å². The zero-order valence-corrected chi connectivity index (χ0v) is 10.8. The summed E-state index contributed by atoms with van der Waals surface area (Å²) in [6.07, 6.45) is 2.50. The molecule has 1 aromatic carbocycles. The minimum Gasteiger partial charge on any atom is -0.497 e. The lowest BCUT2D eigenvalue weighted by Crippen LogP contribution is -2.40. The van der Waals surface area contributed by atoms with Gasteiger partial charge in [0.25, 0.3) is 0 Å². The summed E-state index contributed by atoms with van der Waals surface area (Å²) in [7, 11) is 3.94. The lowest BCUT2D eigenvalue weighted by Gasteiger charge is -2.31. The highest BCUT2D eigenvalue weighted by Crippen LogP contribution is 2.17. The van der Waals surface area contributed by atoms with Crippen LogP contribution in [0.5, 0.6) is 5.75 Å². The van der Waals surface area contributed by atoms with E-state index in [1.165, 1.54) is 18.4 Å². The topological polar surface area (TPSA) is 24.5 Å². The Bertz CT molecular complexity index is 348. The van der Waals surface area contributed by atoms with Crippen LogP contribution in [0.25, 0.3) is 0 Å². The second kappa shape index (κ2) is 6.03. The smallest absolute Gasteiger partial charge is 0.119 e. The lowest BCUT2D eigenvalue weighted by molar-refractivity contribution is 0.191. The number of benzene rings is 1. The fourth-order valence-electron chi connectivity index (χ4n) is 2.44. The van der Waals surface area contributed by atoms with Gasteiger partial charge in [-0.25, -0.2) is 0 Å². The van der Waals surface area contributed by atoms with Gasteiger partial charge in [-0.2, -0.15) is 0 Å². The maximum atomic E-state index is 5.25. The van der Waals surface area contributed by atoms with Crippen LogP contribution in [0.2, 0.25) is 0 Å². The van der Waals surface area contributed by atoms with Gasteiger partial charge in [0, 0.05) is 12.6 Å². The van der Waals surface area contributed by atoms with Crippen molar-refractivity contribution < 1.29 is 4.74 Å². The first-order valence-corrected chi connectivity index (χ1v) is 6.33. The number of rotatable bonds is 4. The fraction of sp³-hybridized carbons (Fsp3) is 0.571. The number of ether oxygens (including phenoxy) is 1. The van der Waals surface area contributed by atoms with Crippen LogP contribution in [0.4, 0.5) is 0 Å². The standard InChI is InChI=1S/C14H22N2O/c1-16(13-6-8-15-9-7-13)11-12-4-3-5-14(10-12)17-2/h3-5,10,13,15H,6-9,11H2,1-2H3. The molecule has 0 radical (unpaired) electrons. The number of hydrogen-bond acceptors (Lipinski definition) is 3. The van der Waals surface area contributed by atoms with E-state index in [2.05, 4.69) is 35.5 Å². The van der Waals surface area contributed by atoms with Gasteiger partial charge in [0.05, 0.1) is 7.11 Å². The first-order valence-electron chi connectivity index (χ1n) is 6.33. The molecule has 94 valence electrons. The highest BCUT2D eigenvalue weighted by Gasteiger charge is 2.17. The third-order valence-electron chi connectivity index (χ3n) is 3.50. The largest absolute Gasteiger partial charge is 0.497 e. The van der Waals surface area contributed by atoms with Gasteiger partial charge in [0.2, 0.25) is 0 Å². The third kappa shape index (κ3) is 3.45. The number of hydrogen-bond donors (Lipinski definition) is 1. The molecule has 1 N–H and O–H groups in total. The minimum absolute atomic E-state index is 0.711. The minimum atomic E-state index is 0.711. The van der Waals surface area contributed by atoms with Crippen molar-refractivity contribution >= 4 is 0 Å². The second-order valence-electron chi connectivity index (χ2n) is 4.75. The Hall–Kier alpha value is -1.06. The summed E-state index contributed by atoms with van der Waals surface area (Å²) in [6, 6.07) is 9.05. The van der Waals surface area contributed by atoms with E-state index >= 15 is 0 Å². The molecule has 1 saturated heterocycles. The number of methoxy groups -OCH3 is 1. The van der Waals surface area contributed by atoms with Gasteiger partial charge in [-0.1, -0.05) is 12.1 Å². The summed E-state index contributed by atoms with van der Waals surface area (Å²) < 4.78 is 5.25. The Morgan fingerprint density at radius 3 is 2.82 bits per heavy atom. The van der Waals surface area contributed by atoms with Crippen molar-refractivity contribution in [2.24, 2.45) is 0 Å². The van der Waals surface area contributed by atoms with Crippen LogP contribution in [0.15, 0.2) is 24.3 Å². The Labute approximate surface area is 104 Å². The molecular formula is C14H22N2O. The molecule has 0 atom stereocenters. The molecule has 1 fully saturated rings. The summed E-state index contributed by atoms with van der Waals surface area (Å²) >= 11 is 0. The van der Waals surface area contributed by atoms with Crippen LogP contribution in [-0.2, 0) is 6.54 Å². The Kier molecular flexibility index (Phi) is 4.40. The molecule has 0 aliphatic carbocycles. The number of nitrogens with zero attached hydrogens (tertiary/aromatic N) is 1. The molecule has 1 heterocycles. The van der Waals surface area contributed by atoms with Gasteiger partial charge in [-0.15, -0.1) is 0 Å². The van der Waals surface area contributed by atoms with Crippen LogP contribution < -0.4 is 10.1 Å². The quantitative estimate of drug-likeness (QED) is 0.861. The van der Waals surface area contributed by atoms with E-state index in [1.54, 1.807) is 7.11 Å². The molecule has 3 nitrogen and oxygen atoms in total. The van der Waals surface area contributed by atoms with Crippen molar-refractivity contribution in [3.8, 4) is 5.75 Å². The molecule has 17 heavy (non-hydrogen) atoms. The third-order valence-corrected chi connectivity index (χ3v) is 3.50. The fourth-order valence-corrected chi connectivity index (χ4v) is 2.44. The van der Waals surface area contributed by atoms with Gasteiger partial charge >= 0.3 is 0 Å². The van der Waals surface area contributed by atoms with Gasteiger partial charge in [0.15, 0.2) is 0 Å². The molecule has 2 rings (SSSR count). The maximum absolute atomic E-state index is 5.25. The van der Waals surface area contributed by atoms with E-state index in [-0.39, 0.29) is 0 Å². The van der Waals surface area contributed by atoms with Crippen LogP contribution in [0.1, 0.15) is 18.4 Å². The van der Waals surface area contributed by atoms with Crippen molar-refractivity contribution in [3.63, 3.8) is 0 Å². The summed E-state index contributed by atoms with van der Waals surface area (Å²) in [5.74, 6) is 0.946. The average molecular weight is 234 g/mol. The molecule has 1 aliphatic heterocycles. The monoisotopic (exact) mass is 234 g/mol. The normalized spacial score (nSPS) is 17.4. The Morgan fingerprint density at radius 1 is 1.35 bits per heavy atom. The average Bonchev–Trinajstić information content (AvgIpc) is 2.40. The second-order valence-corrected chi connectivity index (χ2v) is 4.75. The highest BCUT2D eigenvalue weighted by molar-refractivity contribution is 5.28. The predicted molar refractivity (Wildman–Crippen MR) is 70.4 cm³/mol. The Balaban J connectivity index is 1.94. The maximum Gasteiger partial charge on any atom is 0.119 e. The van der Waals surface area contributed by atoms with Crippen LogP contribution in [0.3, 0.4) is 0 Å². The van der Waals surface area contributed by atoms with Gasteiger partial charge in [-0.05, 0) is 50.7 Å². The lowest BCUT2D eigenvalue weighted by atomic mass is 10.0. The molecule has 1 aliphatic rings. The van der Waals surface area contributed by atoms with Gasteiger partial charge < -0.3 is 10.1 Å². The highest BCUT2D eigenvalue weighted by atomic mass is 16.5. The molecule has 0 unspecified atom stereocenters. The van der Waals surface area contributed by atoms with Gasteiger partial charge in [-0.3, -0.25) is 4.90 Å². The van der Waals surface area contributed by atoms with Crippen molar-refractivity contribution in [2.75, 3.05) is 27.2 Å². The van der Waals surface area contributed by atoms with E-state index < -0.39 is 0 Å². The predicted octanol–water partition coefficient (Wildman–Crippen LogP) is 1.88. The van der Waals surface area contributed by atoms with Crippen molar-refractivity contribution in [1.29, 1.82) is 0 Å². The van der Waals surface area contributed by atoms with E-state index in [1.807, 2.05) is 6.07 Å². The number of piperidine rings is 1. The van der Waals surface area contributed by atoms with Crippen molar-refractivity contribution in [1.82, 2.24) is 10.2 Å². The molecule has 0 saturated carbocycles. The molecule has 0 spiro atoms.